The maximum absolute atomic E-state index is 13.8. The van der Waals surface area contributed by atoms with Gasteiger partial charge in [-0.05, 0) is 19.4 Å². The number of nitrogens with one attached hydrogen (secondary N) is 1. The second kappa shape index (κ2) is 6.19. The van der Waals surface area contributed by atoms with Gasteiger partial charge >= 0.3 is 0 Å². The van der Waals surface area contributed by atoms with Gasteiger partial charge in [-0.15, -0.1) is 0 Å². The van der Waals surface area contributed by atoms with Crippen molar-refractivity contribution in [2.45, 2.75) is 39.1 Å². The molecule has 1 aliphatic carbocycles. The SMILES string of the molecule is [2H][C@]1(n2c(C)nc3cc(F)cc(NC(C)=O)c3c2=O)CCC(=O)CC1=O. The van der Waals surface area contributed by atoms with E-state index in [9.17, 15) is 23.6 Å². The number of benzene rings is 1. The van der Waals surface area contributed by atoms with E-state index in [0.29, 0.717) is 0 Å². The van der Waals surface area contributed by atoms with E-state index in [1.807, 2.05) is 0 Å². The molecule has 1 fully saturated rings. The Hall–Kier alpha value is -2.90. The molecule has 8 heteroatoms. The van der Waals surface area contributed by atoms with E-state index < -0.39 is 35.5 Å². The number of rotatable bonds is 2. The summed E-state index contributed by atoms with van der Waals surface area (Å²) < 4.78 is 23.3. The van der Waals surface area contributed by atoms with Gasteiger partial charge in [-0.1, -0.05) is 0 Å². The molecule has 0 radical (unpaired) electrons. The highest BCUT2D eigenvalue weighted by Gasteiger charge is 2.31. The number of hydrogen-bond donors (Lipinski definition) is 1. The monoisotopic (exact) mass is 346 g/mol. The maximum atomic E-state index is 13.8. The number of halogens is 1. The van der Waals surface area contributed by atoms with E-state index in [-0.39, 0.29) is 41.0 Å². The van der Waals surface area contributed by atoms with Crippen LogP contribution < -0.4 is 10.9 Å². The molecule has 0 bridgehead atoms. The summed E-state index contributed by atoms with van der Waals surface area (Å²) in [6.07, 6.45) is -0.564. The average Bonchev–Trinajstić information content (AvgIpc) is 2.50. The van der Waals surface area contributed by atoms with Crippen LogP contribution in [-0.2, 0) is 14.4 Å². The Kier molecular flexibility index (Phi) is 3.87. The largest absolute Gasteiger partial charge is 0.325 e. The van der Waals surface area contributed by atoms with Gasteiger partial charge in [-0.25, -0.2) is 9.37 Å². The molecule has 130 valence electrons. The van der Waals surface area contributed by atoms with Crippen molar-refractivity contribution in [2.75, 3.05) is 5.32 Å². The smallest absolute Gasteiger partial charge is 0.264 e. The number of nitrogens with zero attached hydrogens (tertiary/aromatic N) is 2. The van der Waals surface area contributed by atoms with Crippen LogP contribution in [-0.4, -0.2) is 27.0 Å². The zero-order valence-electron chi connectivity index (χ0n) is 14.7. The fraction of sp³-hybridized carbons (Fsp3) is 0.353. The molecule has 0 spiro atoms. The zero-order valence-corrected chi connectivity index (χ0v) is 13.7. The Morgan fingerprint density at radius 3 is 2.76 bits per heavy atom. The summed E-state index contributed by atoms with van der Waals surface area (Å²) >= 11 is 0. The summed E-state index contributed by atoms with van der Waals surface area (Å²) in [6, 6.07) is 0.0652. The van der Waals surface area contributed by atoms with Crippen LogP contribution in [0.2, 0.25) is 0 Å². The summed E-state index contributed by atoms with van der Waals surface area (Å²) in [4.78, 5) is 52.5. The molecular weight excluding hydrogens is 329 g/mol. The van der Waals surface area contributed by atoms with Crippen molar-refractivity contribution >= 4 is 34.1 Å². The molecule has 1 heterocycles. The number of carbonyl (C=O) groups is 3. The van der Waals surface area contributed by atoms with Crippen molar-refractivity contribution in [2.24, 2.45) is 0 Å². The van der Waals surface area contributed by atoms with Gasteiger partial charge in [0.25, 0.3) is 5.56 Å². The minimum atomic E-state index is -1.96. The van der Waals surface area contributed by atoms with Crippen LogP contribution in [0.3, 0.4) is 0 Å². The number of amides is 1. The summed E-state index contributed by atoms with van der Waals surface area (Å²) in [5.74, 6) is -2.12. The number of hydrogen-bond acceptors (Lipinski definition) is 5. The molecule has 2 aromatic rings. The lowest BCUT2D eigenvalue weighted by atomic mass is 9.92. The minimum Gasteiger partial charge on any atom is -0.325 e. The zero-order chi connectivity index (χ0) is 19.2. The number of ketones is 2. The lowest BCUT2D eigenvalue weighted by molar-refractivity contribution is -0.132. The van der Waals surface area contributed by atoms with Gasteiger partial charge in [0.1, 0.15) is 17.4 Å². The maximum Gasteiger partial charge on any atom is 0.264 e. The van der Waals surface area contributed by atoms with Gasteiger partial charge in [-0.3, -0.25) is 23.7 Å². The van der Waals surface area contributed by atoms with Gasteiger partial charge in [0, 0.05) is 19.4 Å². The molecule has 1 amide bonds. The van der Waals surface area contributed by atoms with Gasteiger partial charge in [0.15, 0.2) is 5.78 Å². The first kappa shape index (κ1) is 15.6. The molecule has 1 N–H and O–H groups in total. The molecule has 1 aromatic carbocycles. The van der Waals surface area contributed by atoms with Gasteiger partial charge in [-0.2, -0.15) is 0 Å². The van der Waals surface area contributed by atoms with Crippen LogP contribution >= 0.6 is 0 Å². The molecule has 1 atom stereocenters. The number of aromatic nitrogens is 2. The van der Waals surface area contributed by atoms with Crippen LogP contribution in [0, 0.1) is 12.7 Å². The van der Waals surface area contributed by atoms with Crippen molar-refractivity contribution in [1.29, 1.82) is 0 Å². The van der Waals surface area contributed by atoms with Crippen LogP contribution in [0.25, 0.3) is 10.9 Å². The molecule has 0 unspecified atom stereocenters. The lowest BCUT2D eigenvalue weighted by Crippen LogP contribution is -2.36. The van der Waals surface area contributed by atoms with Crippen LogP contribution in [0.1, 0.15) is 39.4 Å². The first-order chi connectivity index (χ1) is 12.1. The molecule has 0 saturated heterocycles. The topological polar surface area (TPSA) is 98.1 Å². The summed E-state index contributed by atoms with van der Waals surface area (Å²) in [6.45, 7) is 2.64. The predicted octanol–water partition coefficient (Wildman–Crippen LogP) is 1.67. The van der Waals surface area contributed by atoms with Crippen LogP contribution in [0.4, 0.5) is 10.1 Å². The summed E-state index contributed by atoms with van der Waals surface area (Å²) in [5, 5.41) is 2.28. The van der Waals surface area contributed by atoms with Gasteiger partial charge in [0.05, 0.1) is 30.4 Å². The summed E-state index contributed by atoms with van der Waals surface area (Å²) in [5.41, 5.74) is -0.814. The van der Waals surface area contributed by atoms with E-state index in [0.717, 1.165) is 16.7 Å². The molecule has 1 aromatic heterocycles. The highest BCUT2D eigenvalue weighted by atomic mass is 19.1. The van der Waals surface area contributed by atoms with Crippen molar-refractivity contribution in [3.05, 3.63) is 34.1 Å². The Labute approximate surface area is 143 Å². The first-order valence-electron chi connectivity index (χ1n) is 8.19. The number of fused-ring (bicyclic) bond motifs is 1. The Bertz CT molecular complexity index is 1030. The Morgan fingerprint density at radius 2 is 2.12 bits per heavy atom. The van der Waals surface area contributed by atoms with E-state index in [2.05, 4.69) is 10.3 Å². The fourth-order valence-corrected chi connectivity index (χ4v) is 3.00. The third-order valence-electron chi connectivity index (χ3n) is 4.01. The lowest BCUT2D eigenvalue weighted by Gasteiger charge is -2.24. The quantitative estimate of drug-likeness (QED) is 0.834. The molecule has 1 saturated carbocycles. The number of anilines is 1. The Balaban J connectivity index is 2.33. The highest BCUT2D eigenvalue weighted by molar-refractivity contribution is 6.03. The number of Topliss-reactive ketones (excluding diaryl/α,β-unsaturated/α-hetero) is 2. The van der Waals surface area contributed by atoms with Crippen molar-refractivity contribution in [1.82, 2.24) is 9.55 Å². The second-order valence-corrected chi connectivity index (χ2v) is 5.91. The second-order valence-electron chi connectivity index (χ2n) is 5.91. The third-order valence-corrected chi connectivity index (χ3v) is 4.01. The van der Waals surface area contributed by atoms with E-state index in [4.69, 9.17) is 1.37 Å². The van der Waals surface area contributed by atoms with Gasteiger partial charge < -0.3 is 5.32 Å². The van der Waals surface area contributed by atoms with Gasteiger partial charge in [0.2, 0.25) is 5.91 Å². The molecule has 3 rings (SSSR count). The minimum absolute atomic E-state index is 0.00112. The predicted molar refractivity (Wildman–Crippen MR) is 87.9 cm³/mol. The standard InChI is InChI=1S/C17H16FN3O4/c1-8-19-12-5-10(18)6-13(20-9(2)22)16(12)17(25)21(8)14-4-3-11(23)7-15(14)24/h5-6,14H,3-4,7H2,1-2H3,(H,20,22)/t14-/m0/s1/i14D. The molecule has 1 aliphatic rings. The average molecular weight is 346 g/mol. The molecule has 0 aliphatic heterocycles. The van der Waals surface area contributed by atoms with Crippen molar-refractivity contribution < 1.29 is 20.1 Å². The van der Waals surface area contributed by atoms with E-state index in [1.165, 1.54) is 13.8 Å². The normalized spacial score (nSPS) is 21.3. The van der Waals surface area contributed by atoms with Crippen molar-refractivity contribution in [3.63, 3.8) is 0 Å². The molecular formula is C17H16FN3O4. The van der Waals surface area contributed by atoms with Crippen molar-refractivity contribution in [3.8, 4) is 0 Å². The molecule has 7 nitrogen and oxygen atoms in total. The number of aryl methyl sites for hydroxylation is 1. The van der Waals surface area contributed by atoms with E-state index >= 15 is 0 Å². The Morgan fingerprint density at radius 1 is 1.40 bits per heavy atom. The van der Waals surface area contributed by atoms with E-state index in [1.54, 1.807) is 0 Å². The van der Waals surface area contributed by atoms with Crippen LogP contribution in [0.15, 0.2) is 16.9 Å². The number of carbonyl (C=O) groups excluding carboxylic acids is 3. The van der Waals surface area contributed by atoms with Crippen LogP contribution in [0.5, 0.6) is 0 Å². The summed E-state index contributed by atoms with van der Waals surface area (Å²) in [7, 11) is 0. The molecule has 25 heavy (non-hydrogen) atoms. The first-order valence-corrected chi connectivity index (χ1v) is 7.69. The highest BCUT2D eigenvalue weighted by Crippen LogP contribution is 2.26. The fourth-order valence-electron chi connectivity index (χ4n) is 3.00. The third kappa shape index (κ3) is 3.07.